The van der Waals surface area contributed by atoms with Crippen LogP contribution in [0.3, 0.4) is 0 Å². The first-order valence-corrected chi connectivity index (χ1v) is 8.13. The van der Waals surface area contributed by atoms with E-state index < -0.39 is 0 Å². The summed E-state index contributed by atoms with van der Waals surface area (Å²) in [5.41, 5.74) is 2.34. The minimum atomic E-state index is -0.113. The number of ether oxygens (including phenoxy) is 1. The molecule has 0 saturated heterocycles. The van der Waals surface area contributed by atoms with Crippen molar-refractivity contribution >= 4 is 5.91 Å². The number of carbonyl (C=O) groups is 1. The lowest BCUT2D eigenvalue weighted by molar-refractivity contribution is -0.123. The normalized spacial score (nSPS) is 14.5. The highest BCUT2D eigenvalue weighted by atomic mass is 16.5. The number of benzene rings is 2. The molecule has 2 aromatic rings. The molecule has 0 radical (unpaired) electrons. The fourth-order valence-electron chi connectivity index (χ4n) is 2.77. The van der Waals surface area contributed by atoms with Gasteiger partial charge in [0.25, 0.3) is 5.91 Å². The molecule has 0 heterocycles. The van der Waals surface area contributed by atoms with Crippen LogP contribution in [0.1, 0.15) is 24.0 Å². The molecule has 4 heteroatoms. The maximum atomic E-state index is 12.0. The van der Waals surface area contributed by atoms with E-state index in [1.54, 1.807) is 12.1 Å². The highest BCUT2D eigenvalue weighted by Gasteiger charge is 2.44. The van der Waals surface area contributed by atoms with E-state index in [0.717, 1.165) is 18.4 Å². The van der Waals surface area contributed by atoms with Gasteiger partial charge in [-0.1, -0.05) is 42.5 Å². The third-order valence-electron chi connectivity index (χ3n) is 4.44. The summed E-state index contributed by atoms with van der Waals surface area (Å²) in [7, 11) is 0. The second-order valence-corrected chi connectivity index (χ2v) is 6.19. The lowest BCUT2D eigenvalue weighted by Gasteiger charge is -2.16. The molecule has 0 aliphatic heterocycles. The first-order valence-electron chi connectivity index (χ1n) is 8.13. The Balaban J connectivity index is 1.46. The standard InChI is InChI=1S/C20H20N2O2/c21-13-10-16-6-8-18(9-7-16)24-14-19(23)22-15-20(11-12-20)17-4-2-1-3-5-17/h1-9H,10-12,14-15H2,(H,22,23). The number of carbonyl (C=O) groups excluding carboxylic acids is 1. The van der Waals surface area contributed by atoms with Gasteiger partial charge in [-0.15, -0.1) is 0 Å². The van der Waals surface area contributed by atoms with Gasteiger partial charge in [-0.25, -0.2) is 0 Å². The third-order valence-corrected chi connectivity index (χ3v) is 4.44. The van der Waals surface area contributed by atoms with Crippen molar-refractivity contribution in [2.45, 2.75) is 24.7 Å². The summed E-state index contributed by atoms with van der Waals surface area (Å²) in [6, 6.07) is 19.7. The summed E-state index contributed by atoms with van der Waals surface area (Å²) in [5, 5.41) is 11.6. The van der Waals surface area contributed by atoms with E-state index >= 15 is 0 Å². The molecular formula is C20H20N2O2. The van der Waals surface area contributed by atoms with Crippen LogP contribution in [-0.2, 0) is 16.6 Å². The molecule has 1 fully saturated rings. The maximum Gasteiger partial charge on any atom is 0.257 e. The topological polar surface area (TPSA) is 62.1 Å². The molecule has 0 spiro atoms. The first kappa shape index (κ1) is 16.1. The quantitative estimate of drug-likeness (QED) is 0.853. The number of nitrogens with zero attached hydrogens (tertiary/aromatic N) is 1. The third kappa shape index (κ3) is 3.94. The number of rotatable bonds is 7. The van der Waals surface area contributed by atoms with E-state index in [1.165, 1.54) is 5.56 Å². The van der Waals surface area contributed by atoms with E-state index in [9.17, 15) is 4.79 Å². The molecule has 1 aliphatic carbocycles. The molecule has 1 aliphatic rings. The zero-order valence-corrected chi connectivity index (χ0v) is 13.5. The number of nitrogens with one attached hydrogen (secondary N) is 1. The minimum absolute atomic E-state index is 0.00245. The van der Waals surface area contributed by atoms with Crippen LogP contribution in [0.25, 0.3) is 0 Å². The van der Waals surface area contributed by atoms with Crippen LogP contribution in [0.2, 0.25) is 0 Å². The van der Waals surface area contributed by atoms with Gasteiger partial charge in [0, 0.05) is 12.0 Å². The second-order valence-electron chi connectivity index (χ2n) is 6.19. The zero-order valence-electron chi connectivity index (χ0n) is 13.5. The van der Waals surface area contributed by atoms with Crippen molar-refractivity contribution < 1.29 is 9.53 Å². The van der Waals surface area contributed by atoms with E-state index in [4.69, 9.17) is 10.00 Å². The lowest BCUT2D eigenvalue weighted by Crippen LogP contribution is -2.35. The highest BCUT2D eigenvalue weighted by molar-refractivity contribution is 5.77. The first-order chi connectivity index (χ1) is 11.7. The molecule has 0 aromatic heterocycles. The fourth-order valence-corrected chi connectivity index (χ4v) is 2.77. The average molecular weight is 320 g/mol. The Kier molecular flexibility index (Phi) is 4.81. The van der Waals surface area contributed by atoms with Crippen LogP contribution in [0, 0.1) is 11.3 Å². The second kappa shape index (κ2) is 7.18. The van der Waals surface area contributed by atoms with Gasteiger partial charge in [0.1, 0.15) is 5.75 Å². The Morgan fingerprint density at radius 2 is 1.83 bits per heavy atom. The van der Waals surface area contributed by atoms with Crippen LogP contribution in [0.15, 0.2) is 54.6 Å². The molecule has 0 unspecified atom stereocenters. The van der Waals surface area contributed by atoms with Crippen molar-refractivity contribution in [3.05, 3.63) is 65.7 Å². The van der Waals surface area contributed by atoms with Crippen molar-refractivity contribution in [1.29, 1.82) is 5.26 Å². The van der Waals surface area contributed by atoms with Crippen molar-refractivity contribution in [2.24, 2.45) is 0 Å². The number of hydrogen-bond acceptors (Lipinski definition) is 3. The van der Waals surface area contributed by atoms with Crippen molar-refractivity contribution in [3.8, 4) is 11.8 Å². The Bertz CT molecular complexity index is 728. The van der Waals surface area contributed by atoms with E-state index in [1.807, 2.05) is 30.3 Å². The summed E-state index contributed by atoms with van der Waals surface area (Å²) in [5.74, 6) is 0.523. The summed E-state index contributed by atoms with van der Waals surface area (Å²) < 4.78 is 5.50. The smallest absolute Gasteiger partial charge is 0.257 e. The molecule has 0 atom stereocenters. The zero-order chi connectivity index (χ0) is 16.8. The molecule has 4 nitrogen and oxygen atoms in total. The number of amides is 1. The predicted molar refractivity (Wildman–Crippen MR) is 91.6 cm³/mol. The van der Waals surface area contributed by atoms with E-state index in [0.29, 0.717) is 18.7 Å². The van der Waals surface area contributed by atoms with Crippen LogP contribution in [0.5, 0.6) is 5.75 Å². The molecule has 2 aromatic carbocycles. The summed E-state index contributed by atoms with van der Waals surface area (Å²) >= 11 is 0. The molecule has 1 N–H and O–H groups in total. The lowest BCUT2D eigenvalue weighted by atomic mass is 9.96. The van der Waals surface area contributed by atoms with Crippen LogP contribution >= 0.6 is 0 Å². The molecule has 1 saturated carbocycles. The summed E-state index contributed by atoms with van der Waals surface area (Å²) in [4.78, 5) is 12.0. The Labute approximate surface area is 142 Å². The molecule has 3 rings (SSSR count). The average Bonchev–Trinajstić information content (AvgIpc) is 3.42. The molecule has 24 heavy (non-hydrogen) atoms. The Morgan fingerprint density at radius 1 is 1.12 bits per heavy atom. The highest BCUT2D eigenvalue weighted by Crippen LogP contribution is 2.47. The largest absolute Gasteiger partial charge is 0.484 e. The predicted octanol–water partition coefficient (Wildman–Crippen LogP) is 2.98. The minimum Gasteiger partial charge on any atom is -0.484 e. The Morgan fingerprint density at radius 3 is 2.46 bits per heavy atom. The van der Waals surface area contributed by atoms with Gasteiger partial charge in [-0.05, 0) is 36.1 Å². The number of hydrogen-bond donors (Lipinski definition) is 1. The van der Waals surface area contributed by atoms with Gasteiger partial charge >= 0.3 is 0 Å². The van der Waals surface area contributed by atoms with Gasteiger partial charge < -0.3 is 10.1 Å². The fraction of sp³-hybridized carbons (Fsp3) is 0.300. The Hall–Kier alpha value is -2.80. The molecule has 122 valence electrons. The van der Waals surface area contributed by atoms with Gasteiger partial charge in [0.15, 0.2) is 6.61 Å². The maximum absolute atomic E-state index is 12.0. The summed E-state index contributed by atoms with van der Waals surface area (Å²) in [6.07, 6.45) is 2.60. The molecule has 0 bridgehead atoms. The number of nitriles is 1. The van der Waals surface area contributed by atoms with Crippen molar-refractivity contribution in [2.75, 3.05) is 13.2 Å². The van der Waals surface area contributed by atoms with Gasteiger partial charge in [0.05, 0.1) is 12.5 Å². The summed E-state index contributed by atoms with van der Waals surface area (Å²) in [6.45, 7) is 0.656. The van der Waals surface area contributed by atoms with E-state index in [-0.39, 0.29) is 17.9 Å². The monoisotopic (exact) mass is 320 g/mol. The van der Waals surface area contributed by atoms with Crippen LogP contribution < -0.4 is 10.1 Å². The molecular weight excluding hydrogens is 300 g/mol. The van der Waals surface area contributed by atoms with Gasteiger partial charge in [-0.3, -0.25) is 4.79 Å². The van der Waals surface area contributed by atoms with Crippen LogP contribution in [0.4, 0.5) is 0 Å². The van der Waals surface area contributed by atoms with Gasteiger partial charge in [0.2, 0.25) is 0 Å². The van der Waals surface area contributed by atoms with Crippen molar-refractivity contribution in [1.82, 2.24) is 5.32 Å². The van der Waals surface area contributed by atoms with E-state index in [2.05, 4.69) is 23.5 Å². The molecule has 1 amide bonds. The SMILES string of the molecule is N#CCc1ccc(OCC(=O)NCC2(c3ccccc3)CC2)cc1. The van der Waals surface area contributed by atoms with Crippen molar-refractivity contribution in [3.63, 3.8) is 0 Å². The van der Waals surface area contributed by atoms with Crippen LogP contribution in [-0.4, -0.2) is 19.1 Å². The van der Waals surface area contributed by atoms with Gasteiger partial charge in [-0.2, -0.15) is 5.26 Å².